The Bertz CT molecular complexity index is 345. The van der Waals surface area contributed by atoms with Crippen molar-refractivity contribution >= 4 is 0 Å². The highest BCUT2D eigenvalue weighted by Crippen LogP contribution is 2.52. The first kappa shape index (κ1) is 15.8. The average molecular weight is 294 g/mol. The third kappa shape index (κ3) is 3.02. The van der Waals surface area contributed by atoms with E-state index in [9.17, 15) is 0 Å². The SMILES string of the molecule is CC(C)CC1(C(NN)C2CCOC3(CCC3)C2)CCCC1. The van der Waals surface area contributed by atoms with E-state index < -0.39 is 0 Å². The van der Waals surface area contributed by atoms with Crippen LogP contribution in [-0.2, 0) is 4.74 Å². The van der Waals surface area contributed by atoms with Gasteiger partial charge in [-0.3, -0.25) is 11.3 Å². The summed E-state index contributed by atoms with van der Waals surface area (Å²) in [5, 5.41) is 0. The van der Waals surface area contributed by atoms with Crippen LogP contribution in [0.1, 0.15) is 78.1 Å². The number of rotatable bonds is 5. The van der Waals surface area contributed by atoms with Crippen molar-refractivity contribution in [1.82, 2.24) is 5.43 Å². The molecule has 1 saturated heterocycles. The highest BCUT2D eigenvalue weighted by atomic mass is 16.5. The Morgan fingerprint density at radius 2 is 1.86 bits per heavy atom. The minimum absolute atomic E-state index is 0.232. The maximum atomic E-state index is 6.13. The molecule has 0 radical (unpaired) electrons. The molecular weight excluding hydrogens is 260 g/mol. The molecule has 3 fully saturated rings. The van der Waals surface area contributed by atoms with Gasteiger partial charge in [0.1, 0.15) is 0 Å². The lowest BCUT2D eigenvalue weighted by Gasteiger charge is -2.52. The van der Waals surface area contributed by atoms with Gasteiger partial charge in [-0.05, 0) is 68.6 Å². The smallest absolute Gasteiger partial charge is 0.0685 e. The fourth-order valence-corrected chi connectivity index (χ4v) is 5.62. The largest absolute Gasteiger partial charge is 0.375 e. The van der Waals surface area contributed by atoms with Crippen LogP contribution in [0.15, 0.2) is 0 Å². The molecule has 1 aliphatic heterocycles. The monoisotopic (exact) mass is 294 g/mol. The number of nitrogens with two attached hydrogens (primary N) is 1. The molecule has 3 heteroatoms. The van der Waals surface area contributed by atoms with Crippen molar-refractivity contribution in [3.63, 3.8) is 0 Å². The van der Waals surface area contributed by atoms with E-state index in [2.05, 4.69) is 19.3 Å². The predicted molar refractivity (Wildman–Crippen MR) is 86.7 cm³/mol. The summed E-state index contributed by atoms with van der Waals surface area (Å²) in [4.78, 5) is 0. The van der Waals surface area contributed by atoms with Crippen LogP contribution in [0.4, 0.5) is 0 Å². The zero-order valence-electron chi connectivity index (χ0n) is 14.0. The van der Waals surface area contributed by atoms with Crippen molar-refractivity contribution in [2.24, 2.45) is 23.1 Å². The average Bonchev–Trinajstić information content (AvgIpc) is 2.86. The topological polar surface area (TPSA) is 47.3 Å². The Morgan fingerprint density at radius 1 is 1.14 bits per heavy atom. The molecule has 0 amide bonds. The van der Waals surface area contributed by atoms with Gasteiger partial charge in [-0.2, -0.15) is 0 Å². The molecule has 0 aromatic carbocycles. The summed E-state index contributed by atoms with van der Waals surface area (Å²) >= 11 is 0. The Balaban J connectivity index is 1.75. The van der Waals surface area contributed by atoms with Crippen LogP contribution >= 0.6 is 0 Å². The number of ether oxygens (including phenoxy) is 1. The molecular formula is C18H34N2O. The molecule has 2 aliphatic carbocycles. The van der Waals surface area contributed by atoms with Crippen LogP contribution in [0.2, 0.25) is 0 Å². The Morgan fingerprint density at radius 3 is 2.38 bits per heavy atom. The van der Waals surface area contributed by atoms with Gasteiger partial charge in [0.2, 0.25) is 0 Å². The molecule has 0 bridgehead atoms. The zero-order chi connectivity index (χ0) is 14.9. The van der Waals surface area contributed by atoms with Gasteiger partial charge < -0.3 is 4.74 Å². The quantitative estimate of drug-likeness (QED) is 0.599. The van der Waals surface area contributed by atoms with Gasteiger partial charge in [-0.25, -0.2) is 0 Å². The summed E-state index contributed by atoms with van der Waals surface area (Å²) in [7, 11) is 0. The maximum absolute atomic E-state index is 6.13. The molecule has 2 unspecified atom stereocenters. The first-order valence-electron chi connectivity index (χ1n) is 9.19. The predicted octanol–water partition coefficient (Wildman–Crippen LogP) is 3.77. The van der Waals surface area contributed by atoms with E-state index in [0.29, 0.717) is 17.4 Å². The summed E-state index contributed by atoms with van der Waals surface area (Å²) in [6, 6.07) is 0.490. The number of hydrazine groups is 1. The lowest BCUT2D eigenvalue weighted by molar-refractivity contribution is -0.152. The van der Waals surface area contributed by atoms with Crippen molar-refractivity contribution in [3.05, 3.63) is 0 Å². The second-order valence-corrected chi connectivity index (χ2v) is 8.45. The molecule has 3 rings (SSSR count). The number of hydrogen-bond acceptors (Lipinski definition) is 3. The van der Waals surface area contributed by atoms with Crippen LogP contribution in [-0.4, -0.2) is 18.2 Å². The van der Waals surface area contributed by atoms with Gasteiger partial charge in [0.25, 0.3) is 0 Å². The fraction of sp³-hybridized carbons (Fsp3) is 1.00. The number of nitrogens with one attached hydrogen (secondary N) is 1. The molecule has 3 aliphatic rings. The lowest BCUT2D eigenvalue weighted by Crippen LogP contribution is -2.57. The van der Waals surface area contributed by atoms with Crippen molar-refractivity contribution in [3.8, 4) is 0 Å². The second-order valence-electron chi connectivity index (χ2n) is 8.45. The molecule has 1 spiro atoms. The summed E-state index contributed by atoms with van der Waals surface area (Å²) in [6.45, 7) is 5.68. The van der Waals surface area contributed by atoms with E-state index in [-0.39, 0.29) is 5.60 Å². The van der Waals surface area contributed by atoms with E-state index >= 15 is 0 Å². The van der Waals surface area contributed by atoms with E-state index in [0.717, 1.165) is 12.5 Å². The highest BCUT2D eigenvalue weighted by Gasteiger charge is 2.50. The van der Waals surface area contributed by atoms with Gasteiger partial charge in [0, 0.05) is 12.6 Å². The molecule has 3 N–H and O–H groups in total. The molecule has 21 heavy (non-hydrogen) atoms. The number of hydrogen-bond donors (Lipinski definition) is 2. The van der Waals surface area contributed by atoms with Crippen molar-refractivity contribution in [1.29, 1.82) is 0 Å². The second kappa shape index (κ2) is 6.17. The van der Waals surface area contributed by atoms with E-state index in [1.807, 2.05) is 0 Å². The Labute approximate surface area is 130 Å². The van der Waals surface area contributed by atoms with Crippen LogP contribution in [0.5, 0.6) is 0 Å². The van der Waals surface area contributed by atoms with Gasteiger partial charge in [-0.15, -0.1) is 0 Å². The lowest BCUT2D eigenvalue weighted by atomic mass is 9.63. The minimum atomic E-state index is 0.232. The molecule has 0 aromatic heterocycles. The third-order valence-corrected chi connectivity index (χ3v) is 6.52. The summed E-state index contributed by atoms with van der Waals surface area (Å²) in [6.07, 6.45) is 13.2. The minimum Gasteiger partial charge on any atom is -0.375 e. The van der Waals surface area contributed by atoms with Gasteiger partial charge in [0.05, 0.1) is 5.60 Å². The van der Waals surface area contributed by atoms with Crippen molar-refractivity contribution < 1.29 is 4.74 Å². The molecule has 0 aromatic rings. The van der Waals surface area contributed by atoms with E-state index in [1.54, 1.807) is 0 Å². The van der Waals surface area contributed by atoms with Gasteiger partial charge in [0.15, 0.2) is 0 Å². The molecule has 2 atom stereocenters. The van der Waals surface area contributed by atoms with Crippen LogP contribution in [0.25, 0.3) is 0 Å². The van der Waals surface area contributed by atoms with E-state index in [4.69, 9.17) is 10.6 Å². The van der Waals surface area contributed by atoms with Crippen LogP contribution in [0.3, 0.4) is 0 Å². The molecule has 1 heterocycles. The van der Waals surface area contributed by atoms with Crippen LogP contribution < -0.4 is 11.3 Å². The Kier molecular flexibility index (Phi) is 4.63. The summed E-state index contributed by atoms with van der Waals surface area (Å²) in [5.74, 6) is 7.57. The first-order chi connectivity index (χ1) is 10.1. The molecule has 3 nitrogen and oxygen atoms in total. The zero-order valence-corrected chi connectivity index (χ0v) is 14.0. The van der Waals surface area contributed by atoms with Gasteiger partial charge >= 0.3 is 0 Å². The highest BCUT2D eigenvalue weighted by molar-refractivity contribution is 5.02. The summed E-state index contributed by atoms with van der Waals surface area (Å²) < 4.78 is 6.13. The molecule has 122 valence electrons. The standard InChI is InChI=1S/C18H34N2O/c1-14(2)12-17(7-3-4-8-17)16(20-19)15-6-11-21-18(13-15)9-5-10-18/h14-16,20H,3-13,19H2,1-2H3. The molecule has 2 saturated carbocycles. The first-order valence-corrected chi connectivity index (χ1v) is 9.19. The maximum Gasteiger partial charge on any atom is 0.0685 e. The normalized spacial score (nSPS) is 32.3. The summed E-state index contributed by atoms with van der Waals surface area (Å²) in [5.41, 5.74) is 3.96. The van der Waals surface area contributed by atoms with Crippen molar-refractivity contribution in [2.45, 2.75) is 89.7 Å². The van der Waals surface area contributed by atoms with E-state index in [1.165, 1.54) is 64.2 Å². The van der Waals surface area contributed by atoms with Gasteiger partial charge in [-0.1, -0.05) is 26.7 Å². The fourth-order valence-electron chi connectivity index (χ4n) is 5.62. The van der Waals surface area contributed by atoms with Crippen LogP contribution in [0, 0.1) is 17.3 Å². The Hall–Kier alpha value is -0.120. The third-order valence-electron chi connectivity index (χ3n) is 6.52. The van der Waals surface area contributed by atoms with Crippen molar-refractivity contribution in [2.75, 3.05) is 6.61 Å².